The molecule has 1 aromatic heterocycles. The molecule has 0 aliphatic heterocycles. The van der Waals surface area contributed by atoms with E-state index in [0.717, 1.165) is 25.7 Å². The summed E-state index contributed by atoms with van der Waals surface area (Å²) < 4.78 is 0. The minimum Gasteiger partial charge on any atom is -0.480 e. The third-order valence-corrected chi connectivity index (χ3v) is 7.87. The highest BCUT2D eigenvalue weighted by molar-refractivity contribution is 5.85. The van der Waals surface area contributed by atoms with Crippen LogP contribution in [0.25, 0.3) is 0 Å². The number of rotatable bonds is 9. The molecule has 188 valence electrons. The Morgan fingerprint density at radius 3 is 1.97 bits per heavy atom. The zero-order chi connectivity index (χ0) is 24.9. The van der Waals surface area contributed by atoms with Gasteiger partial charge in [-0.1, -0.05) is 36.4 Å². The third-order valence-electron chi connectivity index (χ3n) is 7.87. The second-order valence-corrected chi connectivity index (χ2v) is 10.3. The van der Waals surface area contributed by atoms with Crippen molar-refractivity contribution in [3.05, 3.63) is 88.0 Å². The topological polar surface area (TPSA) is 95.1 Å². The van der Waals surface area contributed by atoms with E-state index in [0.29, 0.717) is 18.5 Å². The molecule has 2 aromatic carbocycles. The molecule has 6 nitrogen and oxygen atoms in total. The van der Waals surface area contributed by atoms with Crippen LogP contribution in [0.5, 0.6) is 0 Å². The maximum absolute atomic E-state index is 13.7. The summed E-state index contributed by atoms with van der Waals surface area (Å²) in [7, 11) is 0. The second-order valence-electron chi connectivity index (χ2n) is 10.3. The van der Waals surface area contributed by atoms with Crippen LogP contribution >= 0.6 is 0 Å². The molecule has 2 aliphatic rings. The van der Waals surface area contributed by atoms with Crippen molar-refractivity contribution < 1.29 is 14.7 Å². The number of hydrogen-bond donors (Lipinski definition) is 3. The van der Waals surface area contributed by atoms with Crippen LogP contribution in [0.15, 0.2) is 48.9 Å². The summed E-state index contributed by atoms with van der Waals surface area (Å²) in [6.07, 6.45) is 13.7. The number of fused-ring (bicyclic) bond motifs is 2. The van der Waals surface area contributed by atoms with Gasteiger partial charge in [-0.2, -0.15) is 0 Å². The number of carboxylic acids is 1. The molecule has 0 fully saturated rings. The zero-order valence-corrected chi connectivity index (χ0v) is 20.8. The van der Waals surface area contributed by atoms with E-state index in [-0.39, 0.29) is 18.2 Å². The first-order chi connectivity index (χ1) is 17.6. The largest absolute Gasteiger partial charge is 0.480 e. The van der Waals surface area contributed by atoms with Gasteiger partial charge >= 0.3 is 5.97 Å². The maximum Gasteiger partial charge on any atom is 0.326 e. The van der Waals surface area contributed by atoms with Gasteiger partial charge in [0, 0.05) is 18.5 Å². The van der Waals surface area contributed by atoms with Crippen molar-refractivity contribution in [2.45, 2.75) is 76.7 Å². The number of benzene rings is 2. The van der Waals surface area contributed by atoms with Crippen molar-refractivity contribution in [3.63, 3.8) is 0 Å². The molecular weight excluding hydrogens is 450 g/mol. The Kier molecular flexibility index (Phi) is 7.49. The van der Waals surface area contributed by atoms with Crippen molar-refractivity contribution in [3.8, 4) is 0 Å². The van der Waals surface area contributed by atoms with E-state index in [9.17, 15) is 14.7 Å². The fourth-order valence-corrected chi connectivity index (χ4v) is 5.99. The van der Waals surface area contributed by atoms with Crippen LogP contribution in [-0.2, 0) is 54.5 Å². The molecule has 0 radical (unpaired) electrons. The summed E-state index contributed by atoms with van der Waals surface area (Å²) in [6.45, 7) is 0. The molecule has 1 heterocycles. The Bertz CT molecular complexity index is 1160. The van der Waals surface area contributed by atoms with Gasteiger partial charge in [-0.05, 0) is 97.6 Å². The fraction of sp³-hybridized carbons (Fsp3) is 0.433. The summed E-state index contributed by atoms with van der Waals surface area (Å²) in [5.74, 6) is -1.58. The predicted octanol–water partition coefficient (Wildman–Crippen LogP) is 4.38. The molecule has 3 N–H and O–H groups in total. The quantitative estimate of drug-likeness (QED) is 0.419. The normalized spacial score (nSPS) is 15.7. The van der Waals surface area contributed by atoms with E-state index >= 15 is 0 Å². The molecule has 36 heavy (non-hydrogen) atoms. The van der Waals surface area contributed by atoms with Crippen molar-refractivity contribution in [2.24, 2.45) is 5.92 Å². The molecule has 0 saturated carbocycles. The van der Waals surface area contributed by atoms with Gasteiger partial charge in [0.25, 0.3) is 0 Å². The van der Waals surface area contributed by atoms with E-state index in [1.54, 1.807) is 6.20 Å². The van der Waals surface area contributed by atoms with Gasteiger partial charge in [0.05, 0.1) is 12.0 Å². The number of carboxylic acid groups (broad SMARTS) is 1. The van der Waals surface area contributed by atoms with E-state index in [1.165, 1.54) is 65.4 Å². The lowest BCUT2D eigenvalue weighted by Crippen LogP contribution is -2.46. The molecule has 0 spiro atoms. The van der Waals surface area contributed by atoms with Gasteiger partial charge in [0.2, 0.25) is 5.91 Å². The van der Waals surface area contributed by atoms with Gasteiger partial charge in [-0.3, -0.25) is 4.79 Å². The van der Waals surface area contributed by atoms with Crippen molar-refractivity contribution in [2.75, 3.05) is 0 Å². The summed E-state index contributed by atoms with van der Waals surface area (Å²) in [4.78, 5) is 32.8. The van der Waals surface area contributed by atoms with Crippen LogP contribution in [0.1, 0.15) is 64.8 Å². The lowest BCUT2D eigenvalue weighted by molar-refractivity contribution is -0.142. The van der Waals surface area contributed by atoms with Crippen molar-refractivity contribution in [1.82, 2.24) is 15.3 Å². The number of aromatic nitrogens is 2. The lowest BCUT2D eigenvalue weighted by Gasteiger charge is -2.26. The summed E-state index contributed by atoms with van der Waals surface area (Å²) in [6, 6.07) is 11.9. The number of carbonyl (C=O) groups is 2. The van der Waals surface area contributed by atoms with Crippen LogP contribution in [0, 0.1) is 5.92 Å². The molecule has 1 atom stereocenters. The first-order valence-electron chi connectivity index (χ1n) is 13.3. The highest BCUT2D eigenvalue weighted by atomic mass is 16.4. The number of carbonyl (C=O) groups excluding carboxylic acids is 1. The molecule has 3 aromatic rings. The van der Waals surface area contributed by atoms with E-state index < -0.39 is 12.0 Å². The van der Waals surface area contributed by atoms with Crippen LogP contribution in [-0.4, -0.2) is 33.0 Å². The number of imidazole rings is 1. The molecule has 5 rings (SSSR count). The third kappa shape index (κ3) is 5.53. The first kappa shape index (κ1) is 24.3. The number of hydrogen-bond acceptors (Lipinski definition) is 3. The number of aryl methyl sites for hydroxylation is 2. The number of aromatic amines is 1. The Morgan fingerprint density at radius 2 is 1.44 bits per heavy atom. The van der Waals surface area contributed by atoms with Gasteiger partial charge in [-0.25, -0.2) is 9.78 Å². The SMILES string of the molecule is O=C(NC(Cc1c[nH]cn1)C(=O)O)C(Cc1cccc2c1CCCC2)Cc1cccc2c1CCCC2. The van der Waals surface area contributed by atoms with Crippen LogP contribution in [0.3, 0.4) is 0 Å². The van der Waals surface area contributed by atoms with Crippen LogP contribution < -0.4 is 5.32 Å². The predicted molar refractivity (Wildman–Crippen MR) is 139 cm³/mol. The zero-order valence-electron chi connectivity index (χ0n) is 20.8. The number of aliphatic carboxylic acids is 1. The number of amides is 1. The highest BCUT2D eigenvalue weighted by Crippen LogP contribution is 2.30. The van der Waals surface area contributed by atoms with Crippen molar-refractivity contribution in [1.29, 1.82) is 0 Å². The maximum atomic E-state index is 13.7. The van der Waals surface area contributed by atoms with E-state index in [1.807, 2.05) is 0 Å². The summed E-state index contributed by atoms with van der Waals surface area (Å²) >= 11 is 0. The fourth-order valence-electron chi connectivity index (χ4n) is 5.99. The van der Waals surface area contributed by atoms with Gasteiger partial charge in [0.1, 0.15) is 6.04 Å². The summed E-state index contributed by atoms with van der Waals surface area (Å²) in [5.41, 5.74) is 8.67. The smallest absolute Gasteiger partial charge is 0.326 e. The average molecular weight is 486 g/mol. The Balaban J connectivity index is 1.43. The molecular formula is C30H35N3O3. The minimum absolute atomic E-state index is 0.152. The number of nitrogens with zero attached hydrogens (tertiary/aromatic N) is 1. The van der Waals surface area contributed by atoms with Gasteiger partial charge in [-0.15, -0.1) is 0 Å². The van der Waals surface area contributed by atoms with E-state index in [2.05, 4.69) is 51.7 Å². The second kappa shape index (κ2) is 11.1. The average Bonchev–Trinajstić information content (AvgIpc) is 3.41. The Morgan fingerprint density at radius 1 is 0.861 bits per heavy atom. The van der Waals surface area contributed by atoms with Gasteiger partial charge < -0.3 is 15.4 Å². The summed E-state index contributed by atoms with van der Waals surface area (Å²) in [5, 5.41) is 12.7. The number of H-pyrrole nitrogens is 1. The number of nitrogens with one attached hydrogen (secondary N) is 2. The molecule has 0 saturated heterocycles. The minimum atomic E-state index is -1.04. The standard InChI is InChI=1S/C30H35N3O3/c34-29(33-28(30(35)36)17-25-18-31-19-32-25)24(15-22-11-5-9-20-7-1-3-13-26(20)22)16-23-12-6-10-21-8-2-4-14-27(21)23/h5-6,9-12,18-19,24,28H,1-4,7-8,13-17H2,(H,31,32)(H,33,34)(H,35,36). The van der Waals surface area contributed by atoms with Gasteiger partial charge in [0.15, 0.2) is 0 Å². The van der Waals surface area contributed by atoms with Crippen LogP contribution in [0.2, 0.25) is 0 Å². The van der Waals surface area contributed by atoms with Crippen LogP contribution in [0.4, 0.5) is 0 Å². The first-order valence-corrected chi connectivity index (χ1v) is 13.3. The molecule has 2 aliphatic carbocycles. The molecule has 0 bridgehead atoms. The lowest BCUT2D eigenvalue weighted by atomic mass is 9.81. The Labute approximate surface area is 212 Å². The molecule has 1 amide bonds. The van der Waals surface area contributed by atoms with Crippen molar-refractivity contribution >= 4 is 11.9 Å². The van der Waals surface area contributed by atoms with E-state index in [4.69, 9.17) is 0 Å². The Hall–Kier alpha value is -3.41. The monoisotopic (exact) mass is 485 g/mol. The molecule has 6 heteroatoms. The molecule has 1 unspecified atom stereocenters. The highest BCUT2D eigenvalue weighted by Gasteiger charge is 2.29.